The van der Waals surface area contributed by atoms with Crippen molar-refractivity contribution in [3.05, 3.63) is 0 Å². The molecule has 14 heavy (non-hydrogen) atoms. The first-order valence-electron chi connectivity index (χ1n) is 5.21. The Kier molecular flexibility index (Phi) is 7.42. The molecule has 84 valence electrons. The van der Waals surface area contributed by atoms with Crippen molar-refractivity contribution in [1.29, 1.82) is 0 Å². The lowest BCUT2D eigenvalue weighted by atomic mass is 10.1. The monoisotopic (exact) mass is 202 g/mol. The van der Waals surface area contributed by atoms with E-state index in [4.69, 9.17) is 10.5 Å². The van der Waals surface area contributed by atoms with Gasteiger partial charge in [0, 0.05) is 6.04 Å². The van der Waals surface area contributed by atoms with Crippen molar-refractivity contribution in [1.82, 2.24) is 4.90 Å². The van der Waals surface area contributed by atoms with Crippen LogP contribution in [0.15, 0.2) is 0 Å². The summed E-state index contributed by atoms with van der Waals surface area (Å²) in [7, 11) is 1.93. The third-order valence-corrected chi connectivity index (χ3v) is 2.28. The maximum absolute atomic E-state index is 11.2. The van der Waals surface area contributed by atoms with E-state index in [-0.39, 0.29) is 5.97 Å². The maximum Gasteiger partial charge on any atom is 0.320 e. The van der Waals surface area contributed by atoms with Gasteiger partial charge in [0.2, 0.25) is 0 Å². The Morgan fingerprint density at radius 2 is 2.14 bits per heavy atom. The van der Waals surface area contributed by atoms with Crippen LogP contribution in [0.5, 0.6) is 0 Å². The van der Waals surface area contributed by atoms with E-state index in [2.05, 4.69) is 6.92 Å². The number of nitrogens with zero attached hydrogens (tertiary/aromatic N) is 1. The molecule has 0 aromatic carbocycles. The van der Waals surface area contributed by atoms with E-state index in [0.717, 1.165) is 12.8 Å². The molecule has 0 bridgehead atoms. The summed E-state index contributed by atoms with van der Waals surface area (Å²) >= 11 is 0. The summed E-state index contributed by atoms with van der Waals surface area (Å²) in [6, 6.07) is 0.379. The number of likely N-dealkylation sites (N-methyl/N-ethyl adjacent to an activating group) is 1. The van der Waals surface area contributed by atoms with Crippen LogP contribution >= 0.6 is 0 Å². The zero-order valence-electron chi connectivity index (χ0n) is 9.45. The van der Waals surface area contributed by atoms with Crippen LogP contribution in [-0.2, 0) is 9.53 Å². The Hall–Kier alpha value is -0.610. The molecule has 0 saturated heterocycles. The second kappa shape index (κ2) is 7.76. The number of carbonyl (C=O) groups is 1. The number of carbonyl (C=O) groups excluding carboxylic acids is 1. The molecule has 0 saturated carbocycles. The largest absolute Gasteiger partial charge is 0.465 e. The van der Waals surface area contributed by atoms with Crippen LogP contribution in [0.3, 0.4) is 0 Å². The smallest absolute Gasteiger partial charge is 0.320 e. The van der Waals surface area contributed by atoms with Crippen molar-refractivity contribution >= 4 is 5.97 Å². The molecule has 1 unspecified atom stereocenters. The minimum atomic E-state index is -0.162. The summed E-state index contributed by atoms with van der Waals surface area (Å²) in [5, 5.41) is 0. The molecule has 0 fully saturated rings. The number of hydrogen-bond donors (Lipinski definition) is 1. The Morgan fingerprint density at radius 3 is 2.57 bits per heavy atom. The van der Waals surface area contributed by atoms with Gasteiger partial charge in [0.15, 0.2) is 0 Å². The minimum absolute atomic E-state index is 0.162. The first kappa shape index (κ1) is 13.4. The molecule has 0 aromatic heterocycles. The molecule has 0 rings (SSSR count). The average Bonchev–Trinajstić information content (AvgIpc) is 2.14. The molecule has 0 heterocycles. The Bertz CT molecular complexity index is 162. The standard InChI is InChI=1S/C10H22N2O2/c1-4-9(6-7-11)12(3)8-10(13)14-5-2/h9H,4-8,11H2,1-3H3. The van der Waals surface area contributed by atoms with Crippen molar-refractivity contribution in [3.63, 3.8) is 0 Å². The number of esters is 1. The molecule has 0 aromatic rings. The van der Waals surface area contributed by atoms with Gasteiger partial charge in [-0.05, 0) is 33.4 Å². The third kappa shape index (κ3) is 5.19. The van der Waals surface area contributed by atoms with Gasteiger partial charge in [0.05, 0.1) is 13.2 Å². The van der Waals surface area contributed by atoms with E-state index in [1.54, 1.807) is 0 Å². The minimum Gasteiger partial charge on any atom is -0.465 e. The van der Waals surface area contributed by atoms with Crippen molar-refractivity contribution < 1.29 is 9.53 Å². The highest BCUT2D eigenvalue weighted by Crippen LogP contribution is 2.05. The number of rotatable bonds is 7. The van der Waals surface area contributed by atoms with E-state index in [1.807, 2.05) is 18.9 Å². The van der Waals surface area contributed by atoms with Crippen molar-refractivity contribution in [2.75, 3.05) is 26.7 Å². The topological polar surface area (TPSA) is 55.6 Å². The summed E-state index contributed by atoms with van der Waals surface area (Å²) in [5.41, 5.74) is 5.49. The first-order valence-corrected chi connectivity index (χ1v) is 5.21. The van der Waals surface area contributed by atoms with Crippen LogP contribution in [-0.4, -0.2) is 43.7 Å². The zero-order valence-corrected chi connectivity index (χ0v) is 9.45. The number of nitrogens with two attached hydrogens (primary N) is 1. The summed E-state index contributed by atoms with van der Waals surface area (Å²) in [5.74, 6) is -0.162. The van der Waals surface area contributed by atoms with Gasteiger partial charge in [0.25, 0.3) is 0 Å². The molecule has 0 radical (unpaired) electrons. The van der Waals surface area contributed by atoms with E-state index in [1.165, 1.54) is 0 Å². The molecule has 0 aliphatic heterocycles. The predicted molar refractivity (Wildman–Crippen MR) is 57.0 cm³/mol. The molecule has 0 spiro atoms. The highest BCUT2D eigenvalue weighted by atomic mass is 16.5. The van der Waals surface area contributed by atoms with Gasteiger partial charge in [-0.3, -0.25) is 9.69 Å². The molecule has 0 aliphatic carbocycles. The van der Waals surface area contributed by atoms with Crippen LogP contribution in [0.25, 0.3) is 0 Å². The van der Waals surface area contributed by atoms with Gasteiger partial charge in [-0.1, -0.05) is 6.92 Å². The fourth-order valence-electron chi connectivity index (χ4n) is 1.47. The van der Waals surface area contributed by atoms with Gasteiger partial charge < -0.3 is 10.5 Å². The molecule has 0 aliphatic rings. The highest BCUT2D eigenvalue weighted by molar-refractivity contribution is 5.71. The van der Waals surface area contributed by atoms with Gasteiger partial charge in [-0.25, -0.2) is 0 Å². The molecular formula is C10H22N2O2. The molecular weight excluding hydrogens is 180 g/mol. The van der Waals surface area contributed by atoms with Crippen LogP contribution in [0.4, 0.5) is 0 Å². The zero-order chi connectivity index (χ0) is 11.0. The van der Waals surface area contributed by atoms with Crippen molar-refractivity contribution in [2.24, 2.45) is 5.73 Å². The second-order valence-electron chi connectivity index (χ2n) is 3.36. The normalized spacial score (nSPS) is 12.9. The van der Waals surface area contributed by atoms with Crippen LogP contribution < -0.4 is 5.73 Å². The fourth-order valence-corrected chi connectivity index (χ4v) is 1.47. The average molecular weight is 202 g/mol. The van der Waals surface area contributed by atoms with Gasteiger partial charge >= 0.3 is 5.97 Å². The summed E-state index contributed by atoms with van der Waals surface area (Å²) in [6.45, 7) is 5.37. The van der Waals surface area contributed by atoms with Crippen LogP contribution in [0, 0.1) is 0 Å². The Balaban J connectivity index is 3.89. The number of hydrogen-bond acceptors (Lipinski definition) is 4. The Labute approximate surface area is 86.4 Å². The van der Waals surface area contributed by atoms with Gasteiger partial charge in [-0.2, -0.15) is 0 Å². The van der Waals surface area contributed by atoms with Crippen LogP contribution in [0.2, 0.25) is 0 Å². The Morgan fingerprint density at radius 1 is 1.50 bits per heavy atom. The van der Waals surface area contributed by atoms with E-state index in [0.29, 0.717) is 25.7 Å². The van der Waals surface area contributed by atoms with Crippen LogP contribution in [0.1, 0.15) is 26.7 Å². The predicted octanol–water partition coefficient (Wildman–Crippen LogP) is 0.609. The summed E-state index contributed by atoms with van der Waals surface area (Å²) in [6.07, 6.45) is 1.93. The number of ether oxygens (including phenoxy) is 1. The maximum atomic E-state index is 11.2. The molecule has 1 atom stereocenters. The van der Waals surface area contributed by atoms with Gasteiger partial charge in [-0.15, -0.1) is 0 Å². The fraction of sp³-hybridized carbons (Fsp3) is 0.900. The highest BCUT2D eigenvalue weighted by Gasteiger charge is 2.15. The van der Waals surface area contributed by atoms with Crippen molar-refractivity contribution in [2.45, 2.75) is 32.7 Å². The second-order valence-corrected chi connectivity index (χ2v) is 3.36. The first-order chi connectivity index (χ1) is 6.65. The lowest BCUT2D eigenvalue weighted by molar-refractivity contribution is -0.144. The molecule has 4 heteroatoms. The van der Waals surface area contributed by atoms with E-state index >= 15 is 0 Å². The lowest BCUT2D eigenvalue weighted by Gasteiger charge is -2.25. The molecule has 0 amide bonds. The van der Waals surface area contributed by atoms with E-state index < -0.39 is 0 Å². The summed E-state index contributed by atoms with van der Waals surface area (Å²) in [4.78, 5) is 13.2. The third-order valence-electron chi connectivity index (χ3n) is 2.28. The van der Waals surface area contributed by atoms with Crippen molar-refractivity contribution in [3.8, 4) is 0 Å². The molecule has 4 nitrogen and oxygen atoms in total. The SMILES string of the molecule is CCOC(=O)CN(C)C(CC)CCN. The molecule has 2 N–H and O–H groups in total. The lowest BCUT2D eigenvalue weighted by Crippen LogP contribution is -2.37. The quantitative estimate of drug-likeness (QED) is 0.614. The van der Waals surface area contributed by atoms with Gasteiger partial charge in [0.1, 0.15) is 0 Å². The van der Waals surface area contributed by atoms with E-state index in [9.17, 15) is 4.79 Å². The summed E-state index contributed by atoms with van der Waals surface area (Å²) < 4.78 is 4.87.